The van der Waals surface area contributed by atoms with Crippen LogP contribution in [0.1, 0.15) is 19.4 Å². The van der Waals surface area contributed by atoms with Crippen LogP contribution in [0.5, 0.6) is 5.75 Å². The summed E-state index contributed by atoms with van der Waals surface area (Å²) in [6, 6.07) is 2.89. The second-order valence-corrected chi connectivity index (χ2v) is 3.05. The van der Waals surface area contributed by atoms with Crippen LogP contribution in [0.25, 0.3) is 5.57 Å². The van der Waals surface area contributed by atoms with E-state index in [0.29, 0.717) is 16.8 Å². The van der Waals surface area contributed by atoms with Crippen LogP contribution in [0.15, 0.2) is 18.2 Å². The fraction of sp³-hybridized carbons (Fsp3) is 0.273. The molecule has 1 aromatic carbocycles. The standard InChI is InChI=1S/C11H12BFO/c1-4-7(2)8-5-9(12)11(14-3)6-10(8)13/h4-6H,1-3H3/b7-4+. The Morgan fingerprint density at radius 3 is 2.64 bits per heavy atom. The average Bonchev–Trinajstić information content (AvgIpc) is 2.19. The van der Waals surface area contributed by atoms with Gasteiger partial charge in [0.1, 0.15) is 19.4 Å². The third-order valence-corrected chi connectivity index (χ3v) is 2.18. The quantitative estimate of drug-likeness (QED) is 0.648. The van der Waals surface area contributed by atoms with Crippen LogP contribution in [0.4, 0.5) is 4.39 Å². The molecule has 0 aromatic heterocycles. The van der Waals surface area contributed by atoms with Crippen molar-refractivity contribution < 1.29 is 9.13 Å². The second kappa shape index (κ2) is 4.31. The molecule has 14 heavy (non-hydrogen) atoms. The van der Waals surface area contributed by atoms with Crippen molar-refractivity contribution in [3.05, 3.63) is 29.6 Å². The Kier molecular flexibility index (Phi) is 3.34. The van der Waals surface area contributed by atoms with Gasteiger partial charge in [0.15, 0.2) is 0 Å². The van der Waals surface area contributed by atoms with Gasteiger partial charge in [0, 0.05) is 11.6 Å². The Balaban J connectivity index is 3.29. The third-order valence-electron chi connectivity index (χ3n) is 2.18. The second-order valence-electron chi connectivity index (χ2n) is 3.05. The van der Waals surface area contributed by atoms with Crippen LogP contribution in [0.3, 0.4) is 0 Å². The van der Waals surface area contributed by atoms with Crippen molar-refractivity contribution in [2.24, 2.45) is 0 Å². The Morgan fingerprint density at radius 2 is 2.14 bits per heavy atom. The SMILES string of the molecule is [B]c1cc(/C(C)=C/C)c(F)cc1OC. The summed E-state index contributed by atoms with van der Waals surface area (Å²) in [6.45, 7) is 3.69. The zero-order valence-electron chi connectivity index (χ0n) is 8.60. The number of methoxy groups -OCH3 is 1. The molecule has 0 saturated carbocycles. The van der Waals surface area contributed by atoms with Crippen molar-refractivity contribution in [2.45, 2.75) is 13.8 Å². The number of hydrogen-bond donors (Lipinski definition) is 0. The Bertz CT molecular complexity index is 372. The summed E-state index contributed by atoms with van der Waals surface area (Å²) < 4.78 is 18.4. The Hall–Kier alpha value is -1.25. The predicted octanol–water partition coefficient (Wildman–Crippen LogP) is 2.05. The van der Waals surface area contributed by atoms with Gasteiger partial charge in [0.05, 0.1) is 7.11 Å². The van der Waals surface area contributed by atoms with Gasteiger partial charge in [-0.3, -0.25) is 0 Å². The van der Waals surface area contributed by atoms with Crippen molar-refractivity contribution in [3.8, 4) is 5.75 Å². The van der Waals surface area contributed by atoms with Gasteiger partial charge in [-0.25, -0.2) is 4.39 Å². The molecule has 1 aromatic rings. The van der Waals surface area contributed by atoms with E-state index >= 15 is 0 Å². The molecule has 0 spiro atoms. The predicted molar refractivity (Wildman–Crippen MR) is 57.7 cm³/mol. The van der Waals surface area contributed by atoms with E-state index < -0.39 is 0 Å². The molecule has 0 N–H and O–H groups in total. The summed E-state index contributed by atoms with van der Waals surface area (Å²) in [5.41, 5.74) is 1.83. The van der Waals surface area contributed by atoms with E-state index in [1.165, 1.54) is 13.2 Å². The Morgan fingerprint density at radius 1 is 1.50 bits per heavy atom. The fourth-order valence-corrected chi connectivity index (χ4v) is 1.21. The molecular formula is C11H12BFO. The largest absolute Gasteiger partial charge is 0.497 e. The molecule has 0 aliphatic carbocycles. The number of benzene rings is 1. The summed E-state index contributed by atoms with van der Waals surface area (Å²) in [6.07, 6.45) is 1.84. The highest BCUT2D eigenvalue weighted by Gasteiger charge is 2.07. The monoisotopic (exact) mass is 190 g/mol. The zero-order chi connectivity index (χ0) is 10.7. The minimum Gasteiger partial charge on any atom is -0.497 e. The van der Waals surface area contributed by atoms with E-state index in [0.717, 1.165) is 5.57 Å². The van der Waals surface area contributed by atoms with Crippen LogP contribution in [-0.2, 0) is 0 Å². The molecule has 1 nitrogen and oxygen atoms in total. The van der Waals surface area contributed by atoms with E-state index in [2.05, 4.69) is 0 Å². The number of ether oxygens (including phenoxy) is 1. The van der Waals surface area contributed by atoms with Gasteiger partial charge in [-0.2, -0.15) is 0 Å². The highest BCUT2D eigenvalue weighted by Crippen LogP contribution is 2.20. The first-order valence-corrected chi connectivity index (χ1v) is 4.36. The molecule has 0 bridgehead atoms. The Labute approximate surface area is 85.0 Å². The molecule has 0 fully saturated rings. The topological polar surface area (TPSA) is 9.23 Å². The van der Waals surface area contributed by atoms with Crippen molar-refractivity contribution >= 4 is 18.9 Å². The van der Waals surface area contributed by atoms with E-state index in [4.69, 9.17) is 12.6 Å². The van der Waals surface area contributed by atoms with Crippen molar-refractivity contribution in [3.63, 3.8) is 0 Å². The fourth-order valence-electron chi connectivity index (χ4n) is 1.21. The lowest BCUT2D eigenvalue weighted by Crippen LogP contribution is -2.09. The smallest absolute Gasteiger partial charge is 0.134 e. The van der Waals surface area contributed by atoms with Gasteiger partial charge in [0.25, 0.3) is 0 Å². The maximum absolute atomic E-state index is 13.5. The van der Waals surface area contributed by atoms with E-state index in [1.807, 2.05) is 19.9 Å². The number of rotatable bonds is 2. The molecule has 2 radical (unpaired) electrons. The van der Waals surface area contributed by atoms with Crippen molar-refractivity contribution in [1.29, 1.82) is 0 Å². The molecule has 1 rings (SSSR count). The number of allylic oxidation sites excluding steroid dienone is 2. The molecule has 72 valence electrons. The highest BCUT2D eigenvalue weighted by atomic mass is 19.1. The van der Waals surface area contributed by atoms with Gasteiger partial charge < -0.3 is 4.74 Å². The zero-order valence-corrected chi connectivity index (χ0v) is 8.60. The molecule has 0 aliphatic heterocycles. The first-order valence-electron chi connectivity index (χ1n) is 4.36. The number of halogens is 1. The van der Waals surface area contributed by atoms with E-state index in [9.17, 15) is 4.39 Å². The number of hydrogen-bond acceptors (Lipinski definition) is 1. The average molecular weight is 190 g/mol. The van der Waals surface area contributed by atoms with E-state index in [-0.39, 0.29) is 5.82 Å². The molecular weight excluding hydrogens is 178 g/mol. The third kappa shape index (κ3) is 1.98. The van der Waals surface area contributed by atoms with Gasteiger partial charge in [-0.05, 0) is 19.4 Å². The summed E-state index contributed by atoms with van der Waals surface area (Å²) in [7, 11) is 7.14. The molecule has 0 saturated heterocycles. The van der Waals surface area contributed by atoms with Gasteiger partial charge in [0.2, 0.25) is 0 Å². The summed E-state index contributed by atoms with van der Waals surface area (Å²) in [5, 5.41) is 0. The maximum Gasteiger partial charge on any atom is 0.134 e. The minimum absolute atomic E-state index is 0.313. The van der Waals surface area contributed by atoms with Gasteiger partial charge in [-0.1, -0.05) is 17.6 Å². The molecule has 0 amide bonds. The van der Waals surface area contributed by atoms with Crippen LogP contribution in [0.2, 0.25) is 0 Å². The lowest BCUT2D eigenvalue weighted by Gasteiger charge is -2.09. The van der Waals surface area contributed by atoms with Crippen molar-refractivity contribution in [2.75, 3.05) is 7.11 Å². The summed E-state index contributed by atoms with van der Waals surface area (Å²) in [4.78, 5) is 0. The lowest BCUT2D eigenvalue weighted by atomic mass is 9.91. The first kappa shape index (κ1) is 10.8. The summed E-state index contributed by atoms with van der Waals surface area (Å²) >= 11 is 0. The van der Waals surface area contributed by atoms with Crippen LogP contribution < -0.4 is 10.2 Å². The lowest BCUT2D eigenvalue weighted by molar-refractivity contribution is 0.414. The molecule has 0 heterocycles. The highest BCUT2D eigenvalue weighted by molar-refractivity contribution is 6.34. The molecule has 0 aliphatic rings. The molecule has 0 unspecified atom stereocenters. The van der Waals surface area contributed by atoms with Crippen LogP contribution in [0, 0.1) is 5.82 Å². The maximum atomic E-state index is 13.5. The van der Waals surface area contributed by atoms with Crippen molar-refractivity contribution in [1.82, 2.24) is 0 Å². The summed E-state index contributed by atoms with van der Waals surface area (Å²) in [5.74, 6) is 0.0572. The molecule has 0 atom stereocenters. The molecule has 3 heteroatoms. The van der Waals surface area contributed by atoms with Crippen LogP contribution in [-0.4, -0.2) is 15.0 Å². The van der Waals surface area contributed by atoms with Crippen LogP contribution >= 0.6 is 0 Å². The van der Waals surface area contributed by atoms with Gasteiger partial charge in [-0.15, -0.1) is 0 Å². The normalized spacial score (nSPS) is 11.6. The minimum atomic E-state index is -0.313. The van der Waals surface area contributed by atoms with E-state index in [1.54, 1.807) is 6.07 Å². The van der Waals surface area contributed by atoms with Gasteiger partial charge >= 0.3 is 0 Å². The first-order chi connectivity index (χ1) is 6.60.